The molecular weight excluding hydrogens is 498 g/mol. The summed E-state index contributed by atoms with van der Waals surface area (Å²) in [5.74, 6) is -2.47. The molecule has 1 rings (SSSR count). The number of hydrogen-bond acceptors (Lipinski definition) is 11. The van der Waals surface area contributed by atoms with Crippen LogP contribution in [0.2, 0.25) is 0 Å². The Morgan fingerprint density at radius 1 is 0.757 bits per heavy atom. The zero-order valence-corrected chi connectivity index (χ0v) is 21.3. The first-order valence-electron chi connectivity index (χ1n) is 11.8. The van der Waals surface area contributed by atoms with Crippen molar-refractivity contribution in [2.24, 2.45) is 0 Å². The number of hydrogen-bond donors (Lipinski definition) is 3. The number of alkyl carbamates (subject to hydrolysis) is 2. The molecule has 3 N–H and O–H groups in total. The molecule has 0 spiro atoms. The fourth-order valence-corrected chi connectivity index (χ4v) is 2.52. The van der Waals surface area contributed by atoms with E-state index < -0.39 is 35.9 Å². The Kier molecular flexibility index (Phi) is 19.8. The first-order chi connectivity index (χ1) is 17.7. The van der Waals surface area contributed by atoms with Gasteiger partial charge in [-0.3, -0.25) is 14.4 Å². The first kappa shape index (κ1) is 33.5. The quantitative estimate of drug-likeness (QED) is 0.175. The van der Waals surface area contributed by atoms with Crippen molar-refractivity contribution in [1.29, 1.82) is 0 Å². The highest BCUT2D eigenvalue weighted by Gasteiger charge is 2.32. The molecule has 4 amide bonds. The molecule has 0 saturated carbocycles. The molecule has 0 aromatic carbocycles. The Labute approximate surface area is 215 Å². The molecule has 37 heavy (non-hydrogen) atoms. The van der Waals surface area contributed by atoms with Crippen LogP contribution < -0.4 is 10.6 Å². The third kappa shape index (κ3) is 19.4. The van der Waals surface area contributed by atoms with Crippen LogP contribution in [0.25, 0.3) is 0 Å². The molecule has 0 aromatic heterocycles. The number of carbonyl (C=O) groups excluding carboxylic acids is 5. The van der Waals surface area contributed by atoms with E-state index in [1.165, 1.54) is 14.2 Å². The Balaban J connectivity index is 0.000000757. The number of methoxy groups -OCH3 is 2. The molecule has 1 fully saturated rings. The molecule has 0 radical (unpaired) electrons. The summed E-state index contributed by atoms with van der Waals surface area (Å²) in [6, 6.07) is 0. The second-order valence-corrected chi connectivity index (χ2v) is 7.46. The molecule has 15 heteroatoms. The SMILES string of the molecule is COCCOC(=O)NCCCCC(=O)O.COCCOC(=O)NCCCCC(=O)ON1C(=O)CCC1=O. The lowest BCUT2D eigenvalue weighted by molar-refractivity contribution is -0.197. The van der Waals surface area contributed by atoms with Crippen molar-refractivity contribution in [3.63, 3.8) is 0 Å². The molecule has 1 saturated heterocycles. The second kappa shape index (κ2) is 21.8. The molecule has 0 atom stereocenters. The van der Waals surface area contributed by atoms with Crippen LogP contribution >= 0.6 is 0 Å². The van der Waals surface area contributed by atoms with Gasteiger partial charge in [0.15, 0.2) is 0 Å². The van der Waals surface area contributed by atoms with Crippen molar-refractivity contribution >= 4 is 35.9 Å². The predicted molar refractivity (Wildman–Crippen MR) is 125 cm³/mol. The molecule has 0 bridgehead atoms. The van der Waals surface area contributed by atoms with Crippen molar-refractivity contribution < 1.29 is 57.7 Å². The molecule has 1 aliphatic heterocycles. The maximum Gasteiger partial charge on any atom is 0.407 e. The van der Waals surface area contributed by atoms with Crippen molar-refractivity contribution in [3.8, 4) is 0 Å². The number of aliphatic carboxylic acids is 1. The maximum absolute atomic E-state index is 11.5. The number of imide groups is 1. The largest absolute Gasteiger partial charge is 0.481 e. The molecule has 15 nitrogen and oxygen atoms in total. The lowest BCUT2D eigenvalue weighted by atomic mass is 10.2. The van der Waals surface area contributed by atoms with E-state index in [2.05, 4.69) is 10.6 Å². The summed E-state index contributed by atoms with van der Waals surface area (Å²) in [6.45, 7) is 1.86. The van der Waals surface area contributed by atoms with Gasteiger partial charge in [-0.1, -0.05) is 0 Å². The van der Waals surface area contributed by atoms with E-state index in [0.717, 1.165) is 0 Å². The van der Waals surface area contributed by atoms with E-state index in [9.17, 15) is 28.8 Å². The van der Waals surface area contributed by atoms with E-state index in [1.807, 2.05) is 0 Å². The lowest BCUT2D eigenvalue weighted by Gasteiger charge is -2.12. The summed E-state index contributed by atoms with van der Waals surface area (Å²) in [5.41, 5.74) is 0. The minimum absolute atomic E-state index is 0.0530. The number of carbonyl (C=O) groups is 6. The lowest BCUT2D eigenvalue weighted by Crippen LogP contribution is -2.32. The Morgan fingerprint density at radius 3 is 1.65 bits per heavy atom. The van der Waals surface area contributed by atoms with E-state index in [1.54, 1.807) is 0 Å². The van der Waals surface area contributed by atoms with Crippen LogP contribution in [-0.2, 0) is 43.0 Å². The van der Waals surface area contributed by atoms with Gasteiger partial charge < -0.3 is 39.5 Å². The maximum atomic E-state index is 11.5. The molecule has 212 valence electrons. The van der Waals surface area contributed by atoms with Gasteiger partial charge >= 0.3 is 24.1 Å². The third-order valence-electron chi connectivity index (χ3n) is 4.40. The van der Waals surface area contributed by atoms with E-state index >= 15 is 0 Å². The van der Waals surface area contributed by atoms with Gasteiger partial charge in [-0.15, -0.1) is 5.06 Å². The van der Waals surface area contributed by atoms with Crippen LogP contribution in [0.4, 0.5) is 9.59 Å². The zero-order chi connectivity index (χ0) is 27.9. The second-order valence-electron chi connectivity index (χ2n) is 7.46. The number of carboxylic acid groups (broad SMARTS) is 1. The Hall–Kier alpha value is -3.46. The molecule has 1 aliphatic rings. The number of nitrogens with zero attached hydrogens (tertiary/aromatic N) is 1. The molecule has 0 aliphatic carbocycles. The minimum Gasteiger partial charge on any atom is -0.481 e. The zero-order valence-electron chi connectivity index (χ0n) is 21.3. The van der Waals surface area contributed by atoms with Crippen LogP contribution in [-0.4, -0.2) is 99.8 Å². The smallest absolute Gasteiger partial charge is 0.407 e. The van der Waals surface area contributed by atoms with Crippen LogP contribution in [0.5, 0.6) is 0 Å². The van der Waals surface area contributed by atoms with Crippen molar-refractivity contribution in [1.82, 2.24) is 15.7 Å². The molecule has 1 heterocycles. The molecule has 0 unspecified atom stereocenters. The monoisotopic (exact) mass is 535 g/mol. The summed E-state index contributed by atoms with van der Waals surface area (Å²) in [4.78, 5) is 70.8. The standard InChI is InChI=1S/C13H20N2O7.C9H17NO5/c1-20-8-9-21-13(19)14-7-3-2-4-12(18)22-15-10(16)5-6-11(15)17;1-14-6-7-15-9(13)10-5-3-2-4-8(11)12/h2-9H2,1H3,(H,14,19);2-7H2,1H3,(H,10,13)(H,11,12). The normalized spacial score (nSPS) is 12.3. The number of ether oxygens (including phenoxy) is 4. The predicted octanol–water partition coefficient (Wildman–Crippen LogP) is 0.750. The van der Waals surface area contributed by atoms with Crippen LogP contribution in [0, 0.1) is 0 Å². The molecular formula is C22H37N3O12. The first-order valence-corrected chi connectivity index (χ1v) is 11.8. The van der Waals surface area contributed by atoms with Crippen molar-refractivity contribution in [2.45, 2.75) is 51.4 Å². The third-order valence-corrected chi connectivity index (χ3v) is 4.40. The van der Waals surface area contributed by atoms with Crippen molar-refractivity contribution in [2.75, 3.05) is 53.7 Å². The number of hydroxylamine groups is 2. The van der Waals surface area contributed by atoms with Gasteiger partial charge in [0.25, 0.3) is 11.8 Å². The summed E-state index contributed by atoms with van der Waals surface area (Å²) in [6.07, 6.45) is 1.44. The van der Waals surface area contributed by atoms with Gasteiger partial charge in [0.05, 0.1) is 13.2 Å². The summed E-state index contributed by atoms with van der Waals surface area (Å²) in [7, 11) is 3.02. The minimum atomic E-state index is -0.822. The Bertz CT molecular complexity index is 716. The fourth-order valence-electron chi connectivity index (χ4n) is 2.52. The van der Waals surface area contributed by atoms with Crippen molar-refractivity contribution in [3.05, 3.63) is 0 Å². The average Bonchev–Trinajstić information content (AvgIpc) is 3.16. The van der Waals surface area contributed by atoms with Gasteiger partial charge in [0.1, 0.15) is 13.2 Å². The highest BCUT2D eigenvalue weighted by molar-refractivity contribution is 6.01. The summed E-state index contributed by atoms with van der Waals surface area (Å²) >= 11 is 0. The van der Waals surface area contributed by atoms with Crippen LogP contribution in [0.1, 0.15) is 51.4 Å². The fraction of sp³-hybridized carbons (Fsp3) is 0.727. The topological polar surface area (TPSA) is 196 Å². The van der Waals surface area contributed by atoms with Gasteiger partial charge in [-0.25, -0.2) is 14.4 Å². The van der Waals surface area contributed by atoms with Gasteiger partial charge in [-0.05, 0) is 25.7 Å². The number of nitrogens with one attached hydrogen (secondary N) is 2. The number of amides is 4. The summed E-state index contributed by atoms with van der Waals surface area (Å²) in [5, 5.41) is 13.9. The number of rotatable bonds is 17. The highest BCUT2D eigenvalue weighted by Crippen LogP contribution is 2.13. The van der Waals surface area contributed by atoms with Gasteiger partial charge in [0.2, 0.25) is 0 Å². The van der Waals surface area contributed by atoms with Crippen LogP contribution in [0.3, 0.4) is 0 Å². The number of carboxylic acids is 1. The van der Waals surface area contributed by atoms with Gasteiger partial charge in [0, 0.05) is 53.0 Å². The summed E-state index contributed by atoms with van der Waals surface area (Å²) < 4.78 is 18.9. The highest BCUT2D eigenvalue weighted by atomic mass is 16.7. The number of unbranched alkanes of at least 4 members (excludes halogenated alkanes) is 2. The van der Waals surface area contributed by atoms with E-state index in [0.29, 0.717) is 57.0 Å². The van der Waals surface area contributed by atoms with E-state index in [4.69, 9.17) is 28.9 Å². The Morgan fingerprint density at radius 2 is 1.22 bits per heavy atom. The van der Waals surface area contributed by atoms with Gasteiger partial charge in [-0.2, -0.15) is 0 Å². The average molecular weight is 536 g/mol. The van der Waals surface area contributed by atoms with E-state index in [-0.39, 0.29) is 38.9 Å². The molecule has 0 aromatic rings. The van der Waals surface area contributed by atoms with Crippen LogP contribution in [0.15, 0.2) is 0 Å².